The molecule has 22 heavy (non-hydrogen) atoms. The second-order valence-electron chi connectivity index (χ2n) is 4.71. The van der Waals surface area contributed by atoms with E-state index in [0.29, 0.717) is 11.4 Å². The molecule has 7 heteroatoms. The number of carbonyl (C=O) groups is 1. The number of halogens is 3. The Hall–Kier alpha value is -2.70. The van der Waals surface area contributed by atoms with Crippen molar-refractivity contribution < 1.29 is 18.0 Å². The molecule has 2 rings (SSSR count). The number of amides is 2. The Morgan fingerprint density at radius 1 is 1.05 bits per heavy atom. The van der Waals surface area contributed by atoms with Gasteiger partial charge in [0, 0.05) is 0 Å². The van der Waals surface area contributed by atoms with Crippen molar-refractivity contribution in [2.24, 2.45) is 0 Å². The lowest BCUT2D eigenvalue weighted by Crippen LogP contribution is -2.22. The number of nitrogens with one attached hydrogen (secondary N) is 2. The molecule has 2 aromatic rings. The van der Waals surface area contributed by atoms with Crippen LogP contribution in [0.3, 0.4) is 0 Å². The Morgan fingerprint density at radius 3 is 2.32 bits per heavy atom. The van der Waals surface area contributed by atoms with E-state index in [9.17, 15) is 18.0 Å². The van der Waals surface area contributed by atoms with E-state index in [2.05, 4.69) is 10.6 Å². The number of nitrogens with two attached hydrogens (primary N) is 1. The topological polar surface area (TPSA) is 67.2 Å². The van der Waals surface area contributed by atoms with Gasteiger partial charge < -0.3 is 16.4 Å². The third-order valence-electron chi connectivity index (χ3n) is 2.94. The highest BCUT2D eigenvalue weighted by Gasteiger charge is 2.33. The number of para-hydroxylation sites is 1. The smallest absolute Gasteiger partial charge is 0.397 e. The third-order valence-corrected chi connectivity index (χ3v) is 2.94. The van der Waals surface area contributed by atoms with Crippen LogP contribution in [-0.2, 0) is 6.18 Å². The molecule has 0 bridgehead atoms. The van der Waals surface area contributed by atoms with E-state index in [1.165, 1.54) is 18.2 Å². The van der Waals surface area contributed by atoms with Gasteiger partial charge in [-0.1, -0.05) is 18.2 Å². The van der Waals surface area contributed by atoms with Crippen LogP contribution >= 0.6 is 0 Å². The van der Waals surface area contributed by atoms with Crippen molar-refractivity contribution >= 4 is 23.1 Å². The average molecular weight is 309 g/mol. The Labute approximate surface area is 125 Å². The number of anilines is 3. The van der Waals surface area contributed by atoms with Crippen molar-refractivity contribution in [1.82, 2.24) is 0 Å². The molecular formula is C15H14F3N3O. The Balaban J connectivity index is 2.16. The summed E-state index contributed by atoms with van der Waals surface area (Å²) in [5.74, 6) is 0. The van der Waals surface area contributed by atoms with Gasteiger partial charge in [0.1, 0.15) is 0 Å². The maximum Gasteiger partial charge on any atom is 0.418 e. The summed E-state index contributed by atoms with van der Waals surface area (Å²) in [5.41, 5.74) is 6.07. The summed E-state index contributed by atoms with van der Waals surface area (Å²) >= 11 is 0. The van der Waals surface area contributed by atoms with E-state index < -0.39 is 17.8 Å². The predicted molar refractivity (Wildman–Crippen MR) is 79.7 cm³/mol. The highest BCUT2D eigenvalue weighted by molar-refractivity contribution is 6.02. The first-order valence-electron chi connectivity index (χ1n) is 6.38. The van der Waals surface area contributed by atoms with Gasteiger partial charge in [-0.25, -0.2) is 4.79 Å². The molecule has 0 spiro atoms. The summed E-state index contributed by atoms with van der Waals surface area (Å²) < 4.78 is 38.5. The molecule has 4 nitrogen and oxygen atoms in total. The first kappa shape index (κ1) is 15.7. The van der Waals surface area contributed by atoms with Crippen LogP contribution in [-0.4, -0.2) is 6.03 Å². The van der Waals surface area contributed by atoms with Crippen molar-refractivity contribution in [3.63, 3.8) is 0 Å². The van der Waals surface area contributed by atoms with Gasteiger partial charge in [0.15, 0.2) is 0 Å². The lowest BCUT2D eigenvalue weighted by molar-refractivity contribution is -0.136. The van der Waals surface area contributed by atoms with Gasteiger partial charge in [-0.15, -0.1) is 0 Å². The maximum absolute atomic E-state index is 12.8. The molecule has 0 unspecified atom stereocenters. The van der Waals surface area contributed by atoms with Gasteiger partial charge in [-0.3, -0.25) is 0 Å². The quantitative estimate of drug-likeness (QED) is 0.726. The van der Waals surface area contributed by atoms with E-state index in [-0.39, 0.29) is 5.69 Å². The number of alkyl halides is 3. The molecule has 0 aliphatic rings. The molecule has 2 aromatic carbocycles. The van der Waals surface area contributed by atoms with Crippen LogP contribution in [0.15, 0.2) is 42.5 Å². The normalized spacial score (nSPS) is 11.1. The molecule has 0 aromatic heterocycles. The zero-order chi connectivity index (χ0) is 16.3. The number of hydrogen-bond donors (Lipinski definition) is 3. The average Bonchev–Trinajstić information content (AvgIpc) is 2.41. The van der Waals surface area contributed by atoms with Crippen LogP contribution in [0.5, 0.6) is 0 Å². The molecule has 0 atom stereocenters. The monoisotopic (exact) mass is 309 g/mol. The Kier molecular flexibility index (Phi) is 4.25. The zero-order valence-electron chi connectivity index (χ0n) is 11.7. The van der Waals surface area contributed by atoms with Gasteiger partial charge in [-0.2, -0.15) is 13.2 Å². The minimum absolute atomic E-state index is 0.321. The van der Waals surface area contributed by atoms with Crippen molar-refractivity contribution in [2.75, 3.05) is 16.4 Å². The fourth-order valence-electron chi connectivity index (χ4n) is 1.91. The van der Waals surface area contributed by atoms with E-state index in [1.807, 2.05) is 6.92 Å². The maximum atomic E-state index is 12.8. The summed E-state index contributed by atoms with van der Waals surface area (Å²) in [6.45, 7) is 1.83. The molecule has 0 aliphatic heterocycles. The Morgan fingerprint density at radius 2 is 1.68 bits per heavy atom. The number of aryl methyl sites for hydroxylation is 1. The van der Waals surface area contributed by atoms with Crippen LogP contribution in [0.4, 0.5) is 35.0 Å². The van der Waals surface area contributed by atoms with Crippen LogP contribution < -0.4 is 16.4 Å². The Bertz CT molecular complexity index is 699. The van der Waals surface area contributed by atoms with E-state index in [1.54, 1.807) is 18.2 Å². The van der Waals surface area contributed by atoms with Crippen LogP contribution in [0, 0.1) is 6.92 Å². The highest BCUT2D eigenvalue weighted by atomic mass is 19.4. The van der Waals surface area contributed by atoms with E-state index >= 15 is 0 Å². The molecule has 0 heterocycles. The molecule has 0 aliphatic carbocycles. The predicted octanol–water partition coefficient (Wildman–Crippen LogP) is 4.24. The van der Waals surface area contributed by atoms with Crippen LogP contribution in [0.1, 0.15) is 11.1 Å². The van der Waals surface area contributed by atoms with Gasteiger partial charge in [-0.05, 0) is 36.8 Å². The van der Waals surface area contributed by atoms with Gasteiger partial charge in [0.05, 0.1) is 22.6 Å². The number of benzene rings is 2. The molecular weight excluding hydrogens is 295 g/mol. The molecule has 116 valence electrons. The number of nitrogen functional groups attached to an aromatic ring is 1. The molecule has 0 saturated heterocycles. The summed E-state index contributed by atoms with van der Waals surface area (Å²) in [6, 6.07) is 8.91. The molecule has 2 amide bonds. The first-order chi connectivity index (χ1) is 10.3. The van der Waals surface area contributed by atoms with Crippen molar-refractivity contribution in [3.05, 3.63) is 53.6 Å². The second kappa shape index (κ2) is 5.97. The molecule has 0 saturated carbocycles. The van der Waals surface area contributed by atoms with Crippen molar-refractivity contribution in [2.45, 2.75) is 13.1 Å². The number of carbonyl (C=O) groups excluding carboxylic acids is 1. The summed E-state index contributed by atoms with van der Waals surface area (Å²) in [4.78, 5) is 11.9. The number of hydrogen-bond acceptors (Lipinski definition) is 2. The number of urea groups is 1. The van der Waals surface area contributed by atoms with Gasteiger partial charge >= 0.3 is 12.2 Å². The van der Waals surface area contributed by atoms with E-state index in [0.717, 1.165) is 11.6 Å². The molecule has 0 fully saturated rings. The van der Waals surface area contributed by atoms with Crippen molar-refractivity contribution in [1.29, 1.82) is 0 Å². The van der Waals surface area contributed by atoms with Gasteiger partial charge in [0.2, 0.25) is 0 Å². The zero-order valence-corrected chi connectivity index (χ0v) is 11.7. The van der Waals surface area contributed by atoms with Crippen LogP contribution in [0.2, 0.25) is 0 Å². The number of rotatable bonds is 2. The SMILES string of the molecule is Cc1ccc(NC(=O)Nc2ccccc2C(F)(F)F)c(N)c1. The molecule has 4 N–H and O–H groups in total. The largest absolute Gasteiger partial charge is 0.418 e. The third kappa shape index (κ3) is 3.69. The lowest BCUT2D eigenvalue weighted by atomic mass is 10.1. The standard InChI is InChI=1S/C15H14F3N3O/c1-9-6-7-13(11(19)8-9)21-14(22)20-12-5-3-2-4-10(12)15(16,17)18/h2-8H,19H2,1H3,(H2,20,21,22). The highest BCUT2D eigenvalue weighted by Crippen LogP contribution is 2.34. The second-order valence-corrected chi connectivity index (χ2v) is 4.71. The van der Waals surface area contributed by atoms with E-state index in [4.69, 9.17) is 5.73 Å². The summed E-state index contributed by atoms with van der Waals surface area (Å²) in [6.07, 6.45) is -4.55. The minimum Gasteiger partial charge on any atom is -0.397 e. The molecule has 0 radical (unpaired) electrons. The fraction of sp³-hybridized carbons (Fsp3) is 0.133. The summed E-state index contributed by atoms with van der Waals surface area (Å²) in [5, 5.41) is 4.60. The van der Waals surface area contributed by atoms with Gasteiger partial charge in [0.25, 0.3) is 0 Å². The first-order valence-corrected chi connectivity index (χ1v) is 6.38. The fourth-order valence-corrected chi connectivity index (χ4v) is 1.91. The van der Waals surface area contributed by atoms with Crippen molar-refractivity contribution in [3.8, 4) is 0 Å². The lowest BCUT2D eigenvalue weighted by Gasteiger charge is -2.14. The summed E-state index contributed by atoms with van der Waals surface area (Å²) in [7, 11) is 0. The van der Waals surface area contributed by atoms with Crippen LogP contribution in [0.25, 0.3) is 0 Å². The minimum atomic E-state index is -4.55.